The van der Waals surface area contributed by atoms with Crippen molar-refractivity contribution < 1.29 is 9.47 Å². The van der Waals surface area contributed by atoms with Crippen molar-refractivity contribution in [2.24, 2.45) is 0 Å². The number of rotatable bonds is 4. The molecule has 10 nitrogen and oxygen atoms in total. The van der Waals surface area contributed by atoms with Gasteiger partial charge < -0.3 is 29.1 Å². The van der Waals surface area contributed by atoms with Crippen molar-refractivity contribution in [3.8, 4) is 0 Å². The van der Waals surface area contributed by atoms with Crippen molar-refractivity contribution in [3.05, 3.63) is 0 Å². The Balaban J connectivity index is 1.52. The molecule has 0 saturated carbocycles. The summed E-state index contributed by atoms with van der Waals surface area (Å²) in [5.74, 6) is 3.53. The van der Waals surface area contributed by atoms with Gasteiger partial charge >= 0.3 is 0 Å². The Hall–Kier alpha value is -2.46. The van der Waals surface area contributed by atoms with E-state index in [1.807, 2.05) is 0 Å². The Morgan fingerprint density at radius 3 is 1.18 bits per heavy atom. The number of hydrogen-bond donors (Lipinski definition) is 0. The van der Waals surface area contributed by atoms with Crippen LogP contribution in [-0.2, 0) is 9.47 Å². The van der Waals surface area contributed by atoms with Gasteiger partial charge in [0.1, 0.15) is 11.0 Å². The maximum atomic E-state index is 5.60. The van der Waals surface area contributed by atoms with Crippen molar-refractivity contribution in [1.29, 1.82) is 0 Å². The second-order valence-corrected chi connectivity index (χ2v) is 9.69. The highest BCUT2D eigenvalue weighted by Gasteiger charge is 2.28. The molecule has 2 aromatic heterocycles. The van der Waals surface area contributed by atoms with Crippen LogP contribution in [-0.4, -0.2) is 98.7 Å². The molecule has 0 radical (unpaired) electrons. The second-order valence-electron chi connectivity index (χ2n) is 9.69. The molecule has 0 atom stereocenters. The first-order valence-corrected chi connectivity index (χ1v) is 13.1. The summed E-state index contributed by atoms with van der Waals surface area (Å²) in [4.78, 5) is 29.9. The van der Waals surface area contributed by atoms with Crippen LogP contribution in [0.3, 0.4) is 0 Å². The van der Waals surface area contributed by atoms with Gasteiger partial charge in [0.25, 0.3) is 0 Å². The Labute approximate surface area is 201 Å². The van der Waals surface area contributed by atoms with Crippen LogP contribution in [0.2, 0.25) is 0 Å². The zero-order valence-electron chi connectivity index (χ0n) is 20.1. The van der Waals surface area contributed by atoms with Crippen molar-refractivity contribution in [3.63, 3.8) is 0 Å². The average Bonchev–Trinajstić information content (AvgIpc) is 2.94. The van der Waals surface area contributed by atoms with E-state index in [9.17, 15) is 0 Å². The molecule has 2 aromatic rings. The van der Waals surface area contributed by atoms with Crippen molar-refractivity contribution in [1.82, 2.24) is 19.9 Å². The fourth-order valence-corrected chi connectivity index (χ4v) is 5.42. The number of hydrogen-bond acceptors (Lipinski definition) is 10. The van der Waals surface area contributed by atoms with E-state index >= 15 is 0 Å². The normalized spacial score (nSPS) is 22.5. The molecule has 4 aliphatic rings. The van der Waals surface area contributed by atoms with Gasteiger partial charge in [0.15, 0.2) is 11.6 Å². The Morgan fingerprint density at radius 1 is 0.412 bits per heavy atom. The largest absolute Gasteiger partial charge is 0.378 e. The van der Waals surface area contributed by atoms with Crippen molar-refractivity contribution in [2.75, 3.05) is 98.4 Å². The number of ether oxygens (including phenoxy) is 2. The van der Waals surface area contributed by atoms with Gasteiger partial charge in [-0.05, 0) is 38.5 Å². The number of piperidine rings is 2. The topological polar surface area (TPSA) is 83.0 Å². The minimum atomic E-state index is 0.714. The molecule has 4 saturated heterocycles. The third-order valence-electron chi connectivity index (χ3n) is 7.38. The molecule has 4 fully saturated rings. The molecule has 0 amide bonds. The van der Waals surface area contributed by atoms with Crippen LogP contribution in [0.5, 0.6) is 0 Å². The van der Waals surface area contributed by atoms with Crippen LogP contribution in [0.4, 0.5) is 23.5 Å². The van der Waals surface area contributed by atoms with Gasteiger partial charge in [-0.3, -0.25) is 0 Å². The van der Waals surface area contributed by atoms with E-state index in [2.05, 4.69) is 19.6 Å². The minimum absolute atomic E-state index is 0.714. The molecule has 6 rings (SSSR count). The molecule has 6 heterocycles. The Bertz CT molecular complexity index is 901. The van der Waals surface area contributed by atoms with Crippen LogP contribution in [0.25, 0.3) is 11.0 Å². The lowest BCUT2D eigenvalue weighted by Gasteiger charge is -2.34. The lowest BCUT2D eigenvalue weighted by molar-refractivity contribution is 0.122. The molecule has 0 spiro atoms. The molecule has 0 N–H and O–H groups in total. The van der Waals surface area contributed by atoms with E-state index in [-0.39, 0.29) is 0 Å². The molecule has 10 heteroatoms. The summed E-state index contributed by atoms with van der Waals surface area (Å²) < 4.78 is 11.2. The standard InChI is InChI=1S/C24H36N8O2/c1-3-7-29(8-4-1)21-19-20(26-23(27-21)31-11-15-33-16-12-31)22(30-9-5-2-6-10-30)28-24(25-19)32-13-17-34-18-14-32/h1-18H2. The van der Waals surface area contributed by atoms with Crippen molar-refractivity contribution in [2.45, 2.75) is 38.5 Å². The summed E-state index contributed by atoms with van der Waals surface area (Å²) in [5.41, 5.74) is 1.80. The molecule has 4 aliphatic heterocycles. The van der Waals surface area contributed by atoms with Crippen LogP contribution in [0.15, 0.2) is 0 Å². The predicted molar refractivity (Wildman–Crippen MR) is 133 cm³/mol. The summed E-state index contributed by atoms with van der Waals surface area (Å²) >= 11 is 0. The number of nitrogens with zero attached hydrogens (tertiary/aromatic N) is 8. The maximum absolute atomic E-state index is 5.60. The van der Waals surface area contributed by atoms with Crippen LogP contribution < -0.4 is 19.6 Å². The smallest absolute Gasteiger partial charge is 0.228 e. The average molecular weight is 469 g/mol. The maximum Gasteiger partial charge on any atom is 0.228 e. The van der Waals surface area contributed by atoms with E-state index in [0.717, 1.165) is 86.9 Å². The Morgan fingerprint density at radius 2 is 0.794 bits per heavy atom. The minimum Gasteiger partial charge on any atom is -0.378 e. The molecule has 0 bridgehead atoms. The predicted octanol–water partition coefficient (Wildman–Crippen LogP) is 2.07. The van der Waals surface area contributed by atoms with Gasteiger partial charge in [-0.25, -0.2) is 9.97 Å². The quantitative estimate of drug-likeness (QED) is 0.665. The number of morpholine rings is 2. The van der Waals surface area contributed by atoms with Gasteiger partial charge in [0.05, 0.1) is 26.4 Å². The van der Waals surface area contributed by atoms with E-state index in [0.29, 0.717) is 26.4 Å². The lowest BCUT2D eigenvalue weighted by Crippen LogP contribution is -2.39. The van der Waals surface area contributed by atoms with Gasteiger partial charge in [-0.1, -0.05) is 0 Å². The lowest BCUT2D eigenvalue weighted by atomic mass is 10.1. The summed E-state index contributed by atoms with van der Waals surface area (Å²) in [6, 6.07) is 0. The number of fused-ring (bicyclic) bond motifs is 1. The highest BCUT2D eigenvalue weighted by atomic mass is 16.5. The fraction of sp³-hybridized carbons (Fsp3) is 0.750. The third-order valence-corrected chi connectivity index (χ3v) is 7.38. The molecule has 0 aromatic carbocycles. The third kappa shape index (κ3) is 4.45. The molecule has 34 heavy (non-hydrogen) atoms. The summed E-state index contributed by atoms with van der Waals surface area (Å²) in [6.07, 6.45) is 7.33. The van der Waals surface area contributed by atoms with Gasteiger partial charge in [-0.2, -0.15) is 9.97 Å². The molecule has 0 unspecified atom stereocenters. The van der Waals surface area contributed by atoms with Crippen molar-refractivity contribution >= 4 is 34.6 Å². The molecular weight excluding hydrogens is 432 g/mol. The SMILES string of the molecule is C1CCN(c2nc(N3CCOCC3)nc3c(N4CCCCC4)nc(N4CCOCC4)nc23)CC1. The van der Waals surface area contributed by atoms with E-state index < -0.39 is 0 Å². The summed E-state index contributed by atoms with van der Waals surface area (Å²) in [5, 5.41) is 0. The summed E-state index contributed by atoms with van der Waals surface area (Å²) in [7, 11) is 0. The van der Waals surface area contributed by atoms with Crippen LogP contribution in [0, 0.1) is 0 Å². The van der Waals surface area contributed by atoms with Crippen LogP contribution >= 0.6 is 0 Å². The molecule has 0 aliphatic carbocycles. The summed E-state index contributed by atoms with van der Waals surface area (Å²) in [6.45, 7) is 10.2. The van der Waals surface area contributed by atoms with Gasteiger partial charge in [0, 0.05) is 52.4 Å². The van der Waals surface area contributed by atoms with Gasteiger partial charge in [-0.15, -0.1) is 0 Å². The van der Waals surface area contributed by atoms with E-state index in [1.165, 1.54) is 38.5 Å². The van der Waals surface area contributed by atoms with Crippen LogP contribution in [0.1, 0.15) is 38.5 Å². The van der Waals surface area contributed by atoms with Gasteiger partial charge in [0.2, 0.25) is 11.9 Å². The highest BCUT2D eigenvalue weighted by molar-refractivity contribution is 5.95. The number of anilines is 4. The second kappa shape index (κ2) is 10.0. The first-order chi connectivity index (χ1) is 16.9. The first kappa shape index (κ1) is 22.0. The Kier molecular flexibility index (Phi) is 6.50. The zero-order valence-corrected chi connectivity index (χ0v) is 20.1. The fourth-order valence-electron chi connectivity index (χ4n) is 5.42. The zero-order chi connectivity index (χ0) is 22.7. The highest BCUT2D eigenvalue weighted by Crippen LogP contribution is 2.35. The van der Waals surface area contributed by atoms with E-state index in [1.54, 1.807) is 0 Å². The first-order valence-electron chi connectivity index (χ1n) is 13.1. The number of aromatic nitrogens is 4. The monoisotopic (exact) mass is 468 g/mol. The van der Waals surface area contributed by atoms with E-state index in [4.69, 9.17) is 29.4 Å². The molecular formula is C24H36N8O2. The molecule has 184 valence electrons.